The summed E-state index contributed by atoms with van der Waals surface area (Å²) in [4.78, 5) is 24.4. The third-order valence-corrected chi connectivity index (χ3v) is 3.60. The average Bonchev–Trinajstić information content (AvgIpc) is 2.47. The Morgan fingerprint density at radius 2 is 1.79 bits per heavy atom. The van der Waals surface area contributed by atoms with Crippen molar-refractivity contribution < 1.29 is 14.3 Å². The predicted octanol–water partition coefficient (Wildman–Crippen LogP) is 4.59. The fourth-order valence-electron chi connectivity index (χ4n) is 2.15. The van der Waals surface area contributed by atoms with Crippen LogP contribution in [0.2, 0.25) is 0 Å². The van der Waals surface area contributed by atoms with E-state index >= 15 is 0 Å². The zero-order valence-corrected chi connectivity index (χ0v) is 15.5. The van der Waals surface area contributed by atoms with E-state index < -0.39 is 5.60 Å². The van der Waals surface area contributed by atoms with Gasteiger partial charge in [0.1, 0.15) is 5.60 Å². The quantitative estimate of drug-likeness (QED) is 0.778. The highest BCUT2D eigenvalue weighted by Crippen LogP contribution is 2.20. The second kappa shape index (κ2) is 7.62. The lowest BCUT2D eigenvalue weighted by Crippen LogP contribution is -2.25. The molecule has 0 saturated carbocycles. The lowest BCUT2D eigenvalue weighted by molar-refractivity contribution is -0.153. The van der Waals surface area contributed by atoms with Gasteiger partial charge in [0, 0.05) is 15.7 Å². The molecule has 0 aliphatic rings. The highest BCUT2D eigenvalue weighted by atomic mass is 79.9. The molecule has 0 aromatic heterocycles. The summed E-state index contributed by atoms with van der Waals surface area (Å²) in [5, 5.41) is 2.85. The lowest BCUT2D eigenvalue weighted by Gasteiger charge is -2.20. The van der Waals surface area contributed by atoms with Crippen molar-refractivity contribution in [2.75, 3.05) is 5.32 Å². The van der Waals surface area contributed by atoms with E-state index in [0.717, 1.165) is 10.0 Å². The van der Waals surface area contributed by atoms with Gasteiger partial charge in [0.2, 0.25) is 0 Å². The number of hydrogen-bond donors (Lipinski definition) is 1. The Bertz CT molecular complexity index is 750. The summed E-state index contributed by atoms with van der Waals surface area (Å²) in [6, 6.07) is 14.3. The maximum Gasteiger partial charge on any atom is 0.310 e. The van der Waals surface area contributed by atoms with Crippen LogP contribution in [0, 0.1) is 0 Å². The summed E-state index contributed by atoms with van der Waals surface area (Å²) < 4.78 is 6.17. The Labute approximate surface area is 150 Å². The smallest absolute Gasteiger partial charge is 0.310 e. The summed E-state index contributed by atoms with van der Waals surface area (Å²) in [5.41, 5.74) is 1.32. The molecule has 1 amide bonds. The number of halogens is 1. The van der Waals surface area contributed by atoms with Crippen molar-refractivity contribution in [1.82, 2.24) is 0 Å². The number of benzene rings is 2. The molecule has 0 radical (unpaired) electrons. The van der Waals surface area contributed by atoms with Gasteiger partial charge in [0.05, 0.1) is 6.42 Å². The maximum absolute atomic E-state index is 12.4. The maximum atomic E-state index is 12.4. The summed E-state index contributed by atoms with van der Waals surface area (Å²) in [6.07, 6.45) is 0.103. The van der Waals surface area contributed by atoms with Gasteiger partial charge in [-0.05, 0) is 50.6 Å². The van der Waals surface area contributed by atoms with Gasteiger partial charge in [-0.1, -0.05) is 40.2 Å². The van der Waals surface area contributed by atoms with Crippen LogP contribution in [0.1, 0.15) is 36.7 Å². The fourth-order valence-corrected chi connectivity index (χ4v) is 2.55. The molecule has 24 heavy (non-hydrogen) atoms. The van der Waals surface area contributed by atoms with E-state index in [1.165, 1.54) is 0 Å². The first-order valence-electron chi connectivity index (χ1n) is 7.61. The topological polar surface area (TPSA) is 55.4 Å². The van der Waals surface area contributed by atoms with Crippen LogP contribution >= 0.6 is 15.9 Å². The number of ether oxygens (including phenoxy) is 1. The molecule has 0 heterocycles. The van der Waals surface area contributed by atoms with Crippen molar-refractivity contribution >= 4 is 33.5 Å². The van der Waals surface area contributed by atoms with Crippen molar-refractivity contribution in [2.24, 2.45) is 0 Å². The second-order valence-corrected chi connectivity index (χ2v) is 7.30. The molecule has 2 aromatic carbocycles. The fraction of sp³-hybridized carbons (Fsp3) is 0.263. The van der Waals surface area contributed by atoms with E-state index in [1.807, 2.05) is 39.0 Å². The molecule has 0 spiro atoms. The summed E-state index contributed by atoms with van der Waals surface area (Å²) in [7, 11) is 0. The van der Waals surface area contributed by atoms with Gasteiger partial charge in [0.15, 0.2) is 0 Å². The van der Waals surface area contributed by atoms with E-state index in [1.54, 1.807) is 30.3 Å². The monoisotopic (exact) mass is 389 g/mol. The SMILES string of the molecule is CC(C)(C)OC(=O)Cc1ccccc1NC(=O)c1cccc(Br)c1. The number of carbonyl (C=O) groups is 2. The molecule has 0 fully saturated rings. The summed E-state index contributed by atoms with van der Waals surface area (Å²) in [5.74, 6) is -0.556. The van der Waals surface area contributed by atoms with Crippen LogP contribution in [-0.4, -0.2) is 17.5 Å². The van der Waals surface area contributed by atoms with Crippen LogP contribution in [-0.2, 0) is 16.0 Å². The molecule has 0 bridgehead atoms. The van der Waals surface area contributed by atoms with Crippen LogP contribution in [0.3, 0.4) is 0 Å². The Hall–Kier alpha value is -2.14. The van der Waals surface area contributed by atoms with Gasteiger partial charge in [-0.2, -0.15) is 0 Å². The highest BCUT2D eigenvalue weighted by molar-refractivity contribution is 9.10. The van der Waals surface area contributed by atoms with Crippen LogP contribution in [0.25, 0.3) is 0 Å². The minimum absolute atomic E-state index is 0.103. The van der Waals surface area contributed by atoms with Gasteiger partial charge < -0.3 is 10.1 Å². The molecule has 126 valence electrons. The average molecular weight is 390 g/mol. The van der Waals surface area contributed by atoms with Crippen LogP contribution < -0.4 is 5.32 Å². The normalized spacial score (nSPS) is 11.0. The number of anilines is 1. The zero-order chi connectivity index (χ0) is 17.7. The summed E-state index contributed by atoms with van der Waals surface area (Å²) >= 11 is 3.35. The zero-order valence-electron chi connectivity index (χ0n) is 13.9. The van der Waals surface area contributed by atoms with Gasteiger partial charge in [-0.3, -0.25) is 9.59 Å². The van der Waals surface area contributed by atoms with Crippen LogP contribution in [0.4, 0.5) is 5.69 Å². The van der Waals surface area contributed by atoms with Gasteiger partial charge >= 0.3 is 5.97 Å². The molecule has 0 aliphatic heterocycles. The Morgan fingerprint density at radius 3 is 2.46 bits per heavy atom. The Kier molecular flexibility index (Phi) is 5.78. The molecule has 0 unspecified atom stereocenters. The number of esters is 1. The molecule has 0 atom stereocenters. The Balaban J connectivity index is 2.14. The van der Waals surface area contributed by atoms with Crippen LogP contribution in [0.5, 0.6) is 0 Å². The number of hydrogen-bond acceptors (Lipinski definition) is 3. The number of rotatable bonds is 4. The van der Waals surface area contributed by atoms with Gasteiger partial charge in [-0.25, -0.2) is 0 Å². The molecule has 0 saturated heterocycles. The predicted molar refractivity (Wildman–Crippen MR) is 98.1 cm³/mol. The minimum atomic E-state index is -0.536. The van der Waals surface area contributed by atoms with Gasteiger partial charge in [0.25, 0.3) is 5.91 Å². The standard InChI is InChI=1S/C19H20BrNO3/c1-19(2,3)24-17(22)12-13-7-4-5-10-16(13)21-18(23)14-8-6-9-15(20)11-14/h4-11H,12H2,1-3H3,(H,21,23). The first kappa shape index (κ1) is 18.2. The first-order chi connectivity index (χ1) is 11.2. The molecule has 0 aliphatic carbocycles. The highest BCUT2D eigenvalue weighted by Gasteiger charge is 2.18. The molecule has 2 rings (SSSR count). The number of carbonyl (C=O) groups excluding carboxylic acids is 2. The molecule has 5 heteroatoms. The van der Waals surface area contributed by atoms with E-state index in [0.29, 0.717) is 11.3 Å². The molecule has 4 nitrogen and oxygen atoms in total. The summed E-state index contributed by atoms with van der Waals surface area (Å²) in [6.45, 7) is 5.48. The van der Waals surface area contributed by atoms with E-state index in [2.05, 4.69) is 21.2 Å². The number of para-hydroxylation sites is 1. The minimum Gasteiger partial charge on any atom is -0.460 e. The van der Waals surface area contributed by atoms with Crippen molar-refractivity contribution in [3.63, 3.8) is 0 Å². The first-order valence-corrected chi connectivity index (χ1v) is 8.40. The largest absolute Gasteiger partial charge is 0.460 e. The molecule has 1 N–H and O–H groups in total. The molecular formula is C19H20BrNO3. The van der Waals surface area contributed by atoms with Crippen molar-refractivity contribution in [1.29, 1.82) is 0 Å². The van der Waals surface area contributed by atoms with E-state index in [9.17, 15) is 9.59 Å². The lowest BCUT2D eigenvalue weighted by atomic mass is 10.1. The van der Waals surface area contributed by atoms with Gasteiger partial charge in [-0.15, -0.1) is 0 Å². The third kappa shape index (κ3) is 5.49. The Morgan fingerprint density at radius 1 is 1.08 bits per heavy atom. The second-order valence-electron chi connectivity index (χ2n) is 6.38. The van der Waals surface area contributed by atoms with Crippen molar-refractivity contribution in [2.45, 2.75) is 32.8 Å². The molecule has 2 aromatic rings. The third-order valence-electron chi connectivity index (χ3n) is 3.11. The van der Waals surface area contributed by atoms with E-state index in [-0.39, 0.29) is 18.3 Å². The molecular weight excluding hydrogens is 370 g/mol. The number of amides is 1. The van der Waals surface area contributed by atoms with E-state index in [4.69, 9.17) is 4.74 Å². The van der Waals surface area contributed by atoms with Crippen molar-refractivity contribution in [3.8, 4) is 0 Å². The van der Waals surface area contributed by atoms with Crippen molar-refractivity contribution in [3.05, 3.63) is 64.1 Å². The van der Waals surface area contributed by atoms with Crippen LogP contribution in [0.15, 0.2) is 53.0 Å². The number of nitrogens with one attached hydrogen (secondary N) is 1.